The molecule has 18 heteroatoms. The van der Waals surface area contributed by atoms with Crippen molar-refractivity contribution in [2.24, 2.45) is 5.41 Å². The summed E-state index contributed by atoms with van der Waals surface area (Å²) in [4.78, 5) is 47.4. The van der Waals surface area contributed by atoms with E-state index in [1.165, 1.54) is 31.0 Å². The molecule has 56 heavy (non-hydrogen) atoms. The second-order valence-corrected chi connectivity index (χ2v) is 15.4. The van der Waals surface area contributed by atoms with Gasteiger partial charge in [-0.1, -0.05) is 20.8 Å². The number of amides is 3. The van der Waals surface area contributed by atoms with Crippen molar-refractivity contribution in [2.75, 3.05) is 62.6 Å². The number of nitriles is 1. The van der Waals surface area contributed by atoms with Crippen molar-refractivity contribution in [3.8, 4) is 11.9 Å². The molecule has 306 valence electrons. The lowest BCUT2D eigenvalue weighted by Gasteiger charge is -2.35. The number of nitrogens with one attached hydrogen (secondary N) is 1. The van der Waals surface area contributed by atoms with Crippen molar-refractivity contribution >= 4 is 46.4 Å². The first-order valence-corrected chi connectivity index (χ1v) is 18.5. The van der Waals surface area contributed by atoms with Gasteiger partial charge in [-0.2, -0.15) is 18.4 Å². The van der Waals surface area contributed by atoms with Crippen LogP contribution in [0.25, 0.3) is 0 Å². The number of ether oxygens (including phenoxy) is 4. The van der Waals surface area contributed by atoms with Crippen LogP contribution >= 0.6 is 12.2 Å². The van der Waals surface area contributed by atoms with Crippen LogP contribution in [0, 0.1) is 29.5 Å². The molecule has 0 bridgehead atoms. The number of pyridine rings is 1. The van der Waals surface area contributed by atoms with Crippen LogP contribution in [0.2, 0.25) is 0 Å². The minimum Gasteiger partial charge on any atom is -0.475 e. The number of aryl methyl sites for hydroxylation is 1. The summed E-state index contributed by atoms with van der Waals surface area (Å²) in [6.45, 7) is 14.2. The molecule has 13 nitrogen and oxygen atoms in total. The maximum absolute atomic E-state index is 15.3. The summed E-state index contributed by atoms with van der Waals surface area (Å²) in [5, 5.41) is 11.7. The van der Waals surface area contributed by atoms with Crippen molar-refractivity contribution in [3.05, 3.63) is 46.9 Å². The number of thiocarbonyl (C=S) groups is 1. The van der Waals surface area contributed by atoms with E-state index in [9.17, 15) is 27.6 Å². The molecule has 2 aromatic rings. The van der Waals surface area contributed by atoms with Gasteiger partial charge >= 0.3 is 6.18 Å². The minimum atomic E-state index is -5.19. The van der Waals surface area contributed by atoms with Crippen LogP contribution < -0.4 is 19.9 Å². The first-order chi connectivity index (χ1) is 26.2. The number of carbonyl (C=O) groups is 3. The number of aromatic nitrogens is 1. The Morgan fingerprint density at radius 3 is 2.25 bits per heavy atom. The van der Waals surface area contributed by atoms with E-state index in [1.807, 2.05) is 32.6 Å². The van der Waals surface area contributed by atoms with E-state index in [4.69, 9.17) is 36.4 Å². The van der Waals surface area contributed by atoms with Crippen LogP contribution in [0.3, 0.4) is 0 Å². The highest BCUT2D eigenvalue weighted by atomic mass is 32.1. The van der Waals surface area contributed by atoms with Gasteiger partial charge in [0.25, 0.3) is 5.91 Å². The molecule has 4 rings (SSSR count). The first kappa shape index (κ1) is 44.3. The van der Waals surface area contributed by atoms with Crippen molar-refractivity contribution in [2.45, 2.75) is 85.1 Å². The third-order valence-corrected chi connectivity index (χ3v) is 9.81. The molecule has 3 amide bonds. The lowest BCUT2D eigenvalue weighted by molar-refractivity contribution is -0.141. The molecule has 1 aromatic carbocycles. The molecule has 1 aromatic heterocycles. The zero-order chi connectivity index (χ0) is 41.6. The predicted molar refractivity (Wildman–Crippen MR) is 201 cm³/mol. The van der Waals surface area contributed by atoms with E-state index in [2.05, 4.69) is 10.3 Å². The van der Waals surface area contributed by atoms with Gasteiger partial charge < -0.3 is 34.1 Å². The van der Waals surface area contributed by atoms with Gasteiger partial charge in [0.1, 0.15) is 30.4 Å². The van der Waals surface area contributed by atoms with E-state index in [0.717, 1.165) is 25.0 Å². The van der Waals surface area contributed by atoms with E-state index in [-0.39, 0.29) is 75.1 Å². The molecule has 2 aliphatic rings. The summed E-state index contributed by atoms with van der Waals surface area (Å²) in [5.74, 6) is -2.78. The van der Waals surface area contributed by atoms with Gasteiger partial charge in [-0.15, -0.1) is 0 Å². The number of rotatable bonds is 16. The minimum absolute atomic E-state index is 0.0774. The van der Waals surface area contributed by atoms with Crippen molar-refractivity contribution < 1.29 is 50.9 Å². The van der Waals surface area contributed by atoms with Crippen LogP contribution in [-0.2, 0) is 34.8 Å². The monoisotopic (exact) mass is 808 g/mol. The summed E-state index contributed by atoms with van der Waals surface area (Å²) in [7, 11) is 0. The van der Waals surface area contributed by atoms with Gasteiger partial charge in [-0.3, -0.25) is 19.3 Å². The van der Waals surface area contributed by atoms with E-state index >= 15 is 4.39 Å². The summed E-state index contributed by atoms with van der Waals surface area (Å²) in [6.07, 6.45) is -1.89. The molecule has 2 fully saturated rings. The van der Waals surface area contributed by atoms with E-state index < -0.39 is 51.7 Å². The van der Waals surface area contributed by atoms with Gasteiger partial charge in [0.2, 0.25) is 17.7 Å². The molecule has 3 heterocycles. The Morgan fingerprint density at radius 2 is 1.70 bits per heavy atom. The zero-order valence-electron chi connectivity index (χ0n) is 32.5. The number of carbonyl (C=O) groups excluding carboxylic acids is 3. The number of nitrogens with zero attached hydrogens (tertiary/aromatic N) is 5. The van der Waals surface area contributed by atoms with Crippen LogP contribution in [0.5, 0.6) is 5.88 Å². The topological polar surface area (TPSA) is 147 Å². The lowest BCUT2D eigenvalue weighted by atomic mass is 9.85. The fourth-order valence-corrected chi connectivity index (χ4v) is 6.95. The Bertz CT molecular complexity index is 1830. The molecular formula is C38H48F4N6O7S. The molecule has 0 aliphatic carbocycles. The Hall–Kier alpha value is -4.44. The highest BCUT2D eigenvalue weighted by Crippen LogP contribution is 2.42. The van der Waals surface area contributed by atoms with Crippen LogP contribution in [0.15, 0.2) is 24.4 Å². The highest BCUT2D eigenvalue weighted by Gasteiger charge is 2.52. The zero-order valence-corrected chi connectivity index (χ0v) is 33.4. The molecule has 0 saturated carbocycles. The Balaban J connectivity index is 1.19. The van der Waals surface area contributed by atoms with E-state index in [0.29, 0.717) is 22.7 Å². The largest absolute Gasteiger partial charge is 0.475 e. The standard InChI is InChI=1S/C38H48F4N6O7S/c1-23-19-29(44-21-27(23)48-35(56)47(34(51)37(48,6)7)26-11-10-25(20-43)30(31(26)39)38(40,41)42)55-18-17-53-14-13-52-15-16-54-22-28(49)45-32(36(3,4)5)33(50)46-12-8-9-24(46)2/h10-11,19,21,24,32H,8-9,12-18,22H2,1-7H3,(H,45,49)/t24?,32-/m1/s1. The third kappa shape index (κ3) is 10.1. The fraction of sp³-hybridized carbons (Fsp3) is 0.579. The van der Waals surface area contributed by atoms with Crippen LogP contribution in [0.4, 0.5) is 28.9 Å². The number of hydrogen-bond acceptors (Lipinski definition) is 10. The molecule has 2 saturated heterocycles. The number of hydrogen-bond donors (Lipinski definition) is 1. The van der Waals surface area contributed by atoms with Crippen molar-refractivity contribution in [3.63, 3.8) is 0 Å². The molecule has 0 spiro atoms. The Morgan fingerprint density at radius 1 is 1.07 bits per heavy atom. The first-order valence-electron chi connectivity index (χ1n) is 18.1. The average Bonchev–Trinajstić information content (AvgIpc) is 3.61. The second kappa shape index (κ2) is 18.2. The summed E-state index contributed by atoms with van der Waals surface area (Å²) in [6, 6.07) is 4.14. The number of benzene rings is 1. The molecule has 2 atom stereocenters. The molecule has 2 aliphatic heterocycles. The number of alkyl halides is 3. The maximum Gasteiger partial charge on any atom is 0.420 e. The van der Waals surface area contributed by atoms with Gasteiger partial charge in [0.05, 0.1) is 62.2 Å². The third-order valence-electron chi connectivity index (χ3n) is 9.44. The van der Waals surface area contributed by atoms with Gasteiger partial charge in [-0.05, 0) is 75.9 Å². The second-order valence-electron chi connectivity index (χ2n) is 15.1. The lowest BCUT2D eigenvalue weighted by Crippen LogP contribution is -2.56. The quantitative estimate of drug-likeness (QED) is 0.134. The van der Waals surface area contributed by atoms with Crippen LogP contribution in [0.1, 0.15) is 71.1 Å². The summed E-state index contributed by atoms with van der Waals surface area (Å²) >= 11 is 5.51. The fourth-order valence-electron chi connectivity index (χ4n) is 6.44. The van der Waals surface area contributed by atoms with Gasteiger partial charge in [0.15, 0.2) is 10.9 Å². The number of likely N-dealkylation sites (tertiary alicyclic amines) is 1. The Labute approximate surface area is 329 Å². The Kier molecular flexibility index (Phi) is 14.4. The van der Waals surface area contributed by atoms with Crippen LogP contribution in [-0.4, -0.2) is 103 Å². The molecule has 1 N–H and O–H groups in total. The normalized spacial score (nSPS) is 17.7. The predicted octanol–water partition coefficient (Wildman–Crippen LogP) is 5.31. The maximum atomic E-state index is 15.3. The molecular weight excluding hydrogens is 761 g/mol. The van der Waals surface area contributed by atoms with Gasteiger partial charge in [-0.25, -0.2) is 9.37 Å². The highest BCUT2D eigenvalue weighted by molar-refractivity contribution is 7.81. The van der Waals surface area contributed by atoms with E-state index in [1.54, 1.807) is 13.0 Å². The van der Waals surface area contributed by atoms with Gasteiger partial charge in [0, 0.05) is 18.7 Å². The molecule has 0 radical (unpaired) electrons. The van der Waals surface area contributed by atoms with Crippen molar-refractivity contribution in [1.82, 2.24) is 15.2 Å². The smallest absolute Gasteiger partial charge is 0.420 e. The number of halogens is 4. The number of anilines is 2. The molecule has 1 unspecified atom stereocenters. The SMILES string of the molecule is Cc1cc(OCCOCCOCCOCC(=O)N[C@H](C(=O)N2CCCC2C)C(C)(C)C)ncc1N1C(=S)N(c2ccc(C#N)c(C(F)(F)F)c2F)C(=O)C1(C)C. The summed E-state index contributed by atoms with van der Waals surface area (Å²) in [5.41, 5.74) is -4.42. The van der Waals surface area contributed by atoms with Crippen molar-refractivity contribution in [1.29, 1.82) is 5.26 Å². The summed E-state index contributed by atoms with van der Waals surface area (Å²) < 4.78 is 78.6. The average molecular weight is 809 g/mol.